The summed E-state index contributed by atoms with van der Waals surface area (Å²) < 4.78 is 1.18. The number of anilines is 1. The molecule has 1 unspecified atom stereocenters. The van der Waals surface area contributed by atoms with Gasteiger partial charge < -0.3 is 11.1 Å². The maximum atomic E-state index is 5.74. The molecule has 0 saturated carbocycles. The molecule has 2 rings (SSSR count). The van der Waals surface area contributed by atoms with E-state index in [4.69, 9.17) is 5.73 Å². The second-order valence-corrected chi connectivity index (χ2v) is 5.90. The molecule has 1 heterocycles. The molecule has 0 aliphatic rings. The highest BCUT2D eigenvalue weighted by atomic mass is 79.9. The predicted octanol–water partition coefficient (Wildman–Crippen LogP) is 3.55. The average molecular weight is 334 g/mol. The molecule has 0 saturated heterocycles. The van der Waals surface area contributed by atoms with Crippen molar-refractivity contribution in [1.29, 1.82) is 0 Å². The minimum Gasteiger partial charge on any atom is -0.384 e. The van der Waals surface area contributed by atoms with Gasteiger partial charge in [0.1, 0.15) is 5.82 Å². The van der Waals surface area contributed by atoms with Gasteiger partial charge in [0.15, 0.2) is 0 Å². The van der Waals surface area contributed by atoms with Gasteiger partial charge >= 0.3 is 0 Å². The van der Waals surface area contributed by atoms with Gasteiger partial charge in [0.05, 0.1) is 0 Å². The molecule has 0 aliphatic carbocycles. The highest BCUT2D eigenvalue weighted by molar-refractivity contribution is 9.10. The van der Waals surface area contributed by atoms with Crippen molar-refractivity contribution < 1.29 is 0 Å². The van der Waals surface area contributed by atoms with E-state index in [0.717, 1.165) is 6.42 Å². The van der Waals surface area contributed by atoms with Crippen molar-refractivity contribution in [2.75, 3.05) is 12.8 Å². The van der Waals surface area contributed by atoms with E-state index < -0.39 is 0 Å². The molecule has 4 heteroatoms. The fraction of sp³-hybridized carbons (Fsp3) is 0.312. The van der Waals surface area contributed by atoms with Gasteiger partial charge in [0.2, 0.25) is 0 Å². The lowest BCUT2D eigenvalue weighted by molar-refractivity contribution is 0.591. The molecular weight excluding hydrogens is 314 g/mol. The number of benzene rings is 1. The third kappa shape index (κ3) is 3.38. The van der Waals surface area contributed by atoms with Crippen LogP contribution >= 0.6 is 15.9 Å². The van der Waals surface area contributed by atoms with Crippen LogP contribution in [0.4, 0.5) is 5.82 Å². The zero-order valence-corrected chi connectivity index (χ0v) is 13.7. The number of nitrogen functional groups attached to an aromatic ring is 1. The second-order valence-electron chi connectivity index (χ2n) is 5.10. The lowest BCUT2D eigenvalue weighted by atomic mass is 9.96. The van der Waals surface area contributed by atoms with Gasteiger partial charge in [0, 0.05) is 16.7 Å². The van der Waals surface area contributed by atoms with Crippen LogP contribution in [0.5, 0.6) is 0 Å². The summed E-state index contributed by atoms with van der Waals surface area (Å²) in [7, 11) is 1.99. The summed E-state index contributed by atoms with van der Waals surface area (Å²) in [5, 5.41) is 3.38. The first-order chi connectivity index (χ1) is 9.51. The summed E-state index contributed by atoms with van der Waals surface area (Å²) in [6.07, 6.45) is 2.65. The van der Waals surface area contributed by atoms with Crippen molar-refractivity contribution >= 4 is 21.7 Å². The molecule has 3 nitrogen and oxygen atoms in total. The summed E-state index contributed by atoms with van der Waals surface area (Å²) in [5.41, 5.74) is 10.7. The molecular formula is C16H20BrN3. The Labute approximate surface area is 128 Å². The first kappa shape index (κ1) is 15.0. The van der Waals surface area contributed by atoms with E-state index in [-0.39, 0.29) is 6.04 Å². The lowest BCUT2D eigenvalue weighted by Crippen LogP contribution is -2.19. The van der Waals surface area contributed by atoms with E-state index in [1.165, 1.54) is 26.7 Å². The molecule has 0 fully saturated rings. The maximum Gasteiger partial charge on any atom is 0.123 e. The van der Waals surface area contributed by atoms with E-state index in [1.807, 2.05) is 19.2 Å². The van der Waals surface area contributed by atoms with Crippen LogP contribution in [0, 0.1) is 13.8 Å². The number of aryl methyl sites for hydroxylation is 2. The summed E-state index contributed by atoms with van der Waals surface area (Å²) in [5.74, 6) is 0.570. The Bertz CT molecular complexity index is 587. The predicted molar refractivity (Wildman–Crippen MR) is 87.8 cm³/mol. The maximum absolute atomic E-state index is 5.74. The molecule has 0 spiro atoms. The molecule has 106 valence electrons. The second kappa shape index (κ2) is 6.37. The minimum absolute atomic E-state index is 0.266. The first-order valence-electron chi connectivity index (χ1n) is 6.65. The normalized spacial score (nSPS) is 12.4. The van der Waals surface area contributed by atoms with Crippen LogP contribution in [0.1, 0.15) is 28.3 Å². The first-order valence-corrected chi connectivity index (χ1v) is 7.45. The van der Waals surface area contributed by atoms with Gasteiger partial charge in [-0.1, -0.05) is 28.1 Å². The van der Waals surface area contributed by atoms with Crippen LogP contribution in [0.25, 0.3) is 0 Å². The van der Waals surface area contributed by atoms with Gasteiger partial charge in [-0.05, 0) is 61.7 Å². The Morgan fingerprint density at radius 3 is 2.45 bits per heavy atom. The lowest BCUT2D eigenvalue weighted by Gasteiger charge is -2.19. The average Bonchev–Trinajstić information content (AvgIpc) is 2.41. The van der Waals surface area contributed by atoms with Crippen LogP contribution in [0.2, 0.25) is 0 Å². The number of rotatable bonds is 4. The topological polar surface area (TPSA) is 50.9 Å². The third-order valence-corrected chi connectivity index (χ3v) is 4.75. The Kier molecular flexibility index (Phi) is 4.78. The summed E-state index contributed by atoms with van der Waals surface area (Å²) in [6.45, 7) is 4.25. The minimum atomic E-state index is 0.266. The molecule has 20 heavy (non-hydrogen) atoms. The smallest absolute Gasteiger partial charge is 0.123 e. The van der Waals surface area contributed by atoms with Crippen LogP contribution in [-0.2, 0) is 6.42 Å². The van der Waals surface area contributed by atoms with Crippen molar-refractivity contribution in [3.63, 3.8) is 0 Å². The summed E-state index contributed by atoms with van der Waals surface area (Å²) in [6, 6.07) is 8.66. The molecule has 1 atom stereocenters. The molecule has 2 aromatic rings. The summed E-state index contributed by atoms with van der Waals surface area (Å²) in [4.78, 5) is 4.04. The van der Waals surface area contributed by atoms with E-state index in [9.17, 15) is 0 Å². The fourth-order valence-corrected chi connectivity index (χ4v) is 2.65. The standard InChI is InChI=1S/C16H20BrN3/c1-10-6-13(7-11(2)16(10)17)14(19-3)8-12-4-5-20-15(18)9-12/h4-7,9,14,19H,8H2,1-3H3,(H2,18,20). The zero-order chi connectivity index (χ0) is 14.7. The molecule has 0 aliphatic heterocycles. The van der Waals surface area contributed by atoms with Crippen molar-refractivity contribution in [3.8, 4) is 0 Å². The van der Waals surface area contributed by atoms with Gasteiger partial charge in [-0.2, -0.15) is 0 Å². The van der Waals surface area contributed by atoms with Crippen molar-refractivity contribution in [1.82, 2.24) is 10.3 Å². The van der Waals surface area contributed by atoms with Gasteiger partial charge in [0.25, 0.3) is 0 Å². The van der Waals surface area contributed by atoms with Crippen molar-refractivity contribution in [3.05, 3.63) is 57.2 Å². The Balaban J connectivity index is 2.29. The van der Waals surface area contributed by atoms with Crippen LogP contribution < -0.4 is 11.1 Å². The number of hydrogen-bond donors (Lipinski definition) is 2. The summed E-state index contributed by atoms with van der Waals surface area (Å²) >= 11 is 3.62. The Morgan fingerprint density at radius 2 is 1.90 bits per heavy atom. The number of likely N-dealkylation sites (N-methyl/N-ethyl adjacent to an activating group) is 1. The number of nitrogens with zero attached hydrogens (tertiary/aromatic N) is 1. The number of aromatic nitrogens is 1. The molecule has 0 bridgehead atoms. The van der Waals surface area contributed by atoms with Gasteiger partial charge in [-0.15, -0.1) is 0 Å². The largest absolute Gasteiger partial charge is 0.384 e. The number of hydrogen-bond acceptors (Lipinski definition) is 3. The van der Waals surface area contributed by atoms with Gasteiger partial charge in [-0.25, -0.2) is 4.98 Å². The van der Waals surface area contributed by atoms with Crippen molar-refractivity contribution in [2.45, 2.75) is 26.3 Å². The highest BCUT2D eigenvalue weighted by Gasteiger charge is 2.13. The van der Waals surface area contributed by atoms with E-state index in [1.54, 1.807) is 6.20 Å². The monoisotopic (exact) mass is 333 g/mol. The zero-order valence-electron chi connectivity index (χ0n) is 12.1. The van der Waals surface area contributed by atoms with Crippen LogP contribution in [-0.4, -0.2) is 12.0 Å². The fourth-order valence-electron chi connectivity index (χ4n) is 2.42. The quantitative estimate of drug-likeness (QED) is 0.899. The van der Waals surface area contributed by atoms with Gasteiger partial charge in [-0.3, -0.25) is 0 Å². The third-order valence-electron chi connectivity index (χ3n) is 3.49. The van der Waals surface area contributed by atoms with Crippen LogP contribution in [0.3, 0.4) is 0 Å². The molecule has 1 aromatic carbocycles. The van der Waals surface area contributed by atoms with Crippen molar-refractivity contribution in [2.24, 2.45) is 0 Å². The van der Waals surface area contributed by atoms with E-state index in [2.05, 4.69) is 52.2 Å². The number of halogens is 1. The molecule has 0 amide bonds. The van der Waals surface area contributed by atoms with Crippen LogP contribution in [0.15, 0.2) is 34.9 Å². The Hall–Kier alpha value is -1.39. The van der Waals surface area contributed by atoms with E-state index in [0.29, 0.717) is 5.82 Å². The van der Waals surface area contributed by atoms with E-state index >= 15 is 0 Å². The number of nitrogens with two attached hydrogens (primary N) is 1. The number of pyridine rings is 1. The number of nitrogens with one attached hydrogen (secondary N) is 1. The molecule has 1 aromatic heterocycles. The Morgan fingerprint density at radius 1 is 1.25 bits per heavy atom. The molecule has 3 N–H and O–H groups in total. The SMILES string of the molecule is CNC(Cc1ccnc(N)c1)c1cc(C)c(Br)c(C)c1. The highest BCUT2D eigenvalue weighted by Crippen LogP contribution is 2.27. The molecule has 0 radical (unpaired) electrons.